The molecule has 25 heavy (non-hydrogen) atoms. The average molecular weight is 353 g/mol. The molecule has 2 nitrogen and oxygen atoms in total. The Morgan fingerprint density at radius 3 is 1.20 bits per heavy atom. The lowest BCUT2D eigenvalue weighted by molar-refractivity contribution is -0.123. The summed E-state index contributed by atoms with van der Waals surface area (Å²) < 4.78 is 0. The van der Waals surface area contributed by atoms with Crippen LogP contribution in [0.3, 0.4) is 0 Å². The highest BCUT2D eigenvalue weighted by Crippen LogP contribution is 2.14. The third-order valence-corrected chi connectivity index (χ3v) is 5.07. The first kappa shape index (κ1) is 24.3. The molecule has 0 heterocycles. The maximum Gasteiger partial charge on any atom is 0.133 e. The van der Waals surface area contributed by atoms with Crippen LogP contribution >= 0.6 is 0 Å². The Kier molecular flexibility index (Phi) is 19.1. The number of hydrogen-bond acceptors (Lipinski definition) is 2. The van der Waals surface area contributed by atoms with E-state index in [1.165, 1.54) is 96.3 Å². The first-order chi connectivity index (χ1) is 12.2. The van der Waals surface area contributed by atoms with Crippen LogP contribution in [0, 0.1) is 0 Å². The Labute approximate surface area is 157 Å². The molecule has 0 aliphatic heterocycles. The zero-order valence-electron chi connectivity index (χ0n) is 17.3. The summed E-state index contributed by atoms with van der Waals surface area (Å²) in [6.07, 6.45) is 23.2. The van der Waals surface area contributed by atoms with E-state index in [-0.39, 0.29) is 11.6 Å². The molecule has 2 heteroatoms. The molecule has 0 spiro atoms. The Hall–Kier alpha value is -0.660. The van der Waals surface area contributed by atoms with Crippen molar-refractivity contribution in [2.24, 2.45) is 0 Å². The molecule has 0 radical (unpaired) electrons. The molecule has 0 saturated carbocycles. The fraction of sp³-hybridized carbons (Fsp3) is 0.913. The van der Waals surface area contributed by atoms with Crippen LogP contribution in [0.15, 0.2) is 0 Å². The van der Waals surface area contributed by atoms with Gasteiger partial charge in [0, 0.05) is 19.3 Å². The van der Waals surface area contributed by atoms with Gasteiger partial charge in [-0.2, -0.15) is 0 Å². The van der Waals surface area contributed by atoms with Gasteiger partial charge in [0.25, 0.3) is 0 Å². The standard InChI is InChI=1S/C23H44O2/c1-3-4-5-6-7-8-9-10-11-12-13-14-15-16-17-18-19-23(25)21-20-22(2)24/h3-21H2,1-2H3. The normalized spacial score (nSPS) is 11.0. The minimum absolute atomic E-state index is 0.125. The summed E-state index contributed by atoms with van der Waals surface area (Å²) >= 11 is 0. The number of unbranched alkanes of at least 4 members (excludes halogenated alkanes) is 15. The number of hydrogen-bond donors (Lipinski definition) is 0. The van der Waals surface area contributed by atoms with Gasteiger partial charge in [-0.25, -0.2) is 0 Å². The van der Waals surface area contributed by atoms with Crippen LogP contribution in [0.25, 0.3) is 0 Å². The second-order valence-corrected chi connectivity index (χ2v) is 7.79. The lowest BCUT2D eigenvalue weighted by Gasteiger charge is -2.03. The van der Waals surface area contributed by atoms with Gasteiger partial charge in [0.1, 0.15) is 11.6 Å². The SMILES string of the molecule is CCCCCCCCCCCCCCCCCCC(=O)CCC(C)=O. The fourth-order valence-electron chi connectivity index (χ4n) is 3.31. The largest absolute Gasteiger partial charge is 0.300 e. The molecular weight excluding hydrogens is 308 g/mol. The van der Waals surface area contributed by atoms with Crippen LogP contribution in [0.1, 0.15) is 136 Å². The van der Waals surface area contributed by atoms with Gasteiger partial charge < -0.3 is 4.79 Å². The molecular formula is C23H44O2. The third-order valence-electron chi connectivity index (χ3n) is 5.07. The van der Waals surface area contributed by atoms with Crippen LogP contribution in [0.5, 0.6) is 0 Å². The highest BCUT2D eigenvalue weighted by atomic mass is 16.1. The second kappa shape index (κ2) is 19.7. The van der Waals surface area contributed by atoms with Crippen molar-refractivity contribution < 1.29 is 9.59 Å². The van der Waals surface area contributed by atoms with Crippen molar-refractivity contribution in [1.82, 2.24) is 0 Å². The highest BCUT2D eigenvalue weighted by Gasteiger charge is 2.03. The zero-order chi connectivity index (χ0) is 18.6. The first-order valence-electron chi connectivity index (χ1n) is 11.2. The first-order valence-corrected chi connectivity index (χ1v) is 11.2. The van der Waals surface area contributed by atoms with E-state index in [0.717, 1.165) is 6.42 Å². The topological polar surface area (TPSA) is 34.1 Å². The Balaban J connectivity index is 3.09. The summed E-state index contributed by atoms with van der Waals surface area (Å²) in [5.41, 5.74) is 0. The number of rotatable bonds is 20. The van der Waals surface area contributed by atoms with E-state index in [1.807, 2.05) is 0 Å². The number of ketones is 2. The van der Waals surface area contributed by atoms with Crippen molar-refractivity contribution in [3.8, 4) is 0 Å². The summed E-state index contributed by atoms with van der Waals surface area (Å²) in [4.78, 5) is 22.4. The maximum atomic E-state index is 11.5. The van der Waals surface area contributed by atoms with Gasteiger partial charge in [0.05, 0.1) is 0 Å². The molecule has 0 amide bonds. The van der Waals surface area contributed by atoms with Crippen molar-refractivity contribution in [2.75, 3.05) is 0 Å². The minimum Gasteiger partial charge on any atom is -0.300 e. The molecule has 0 aromatic heterocycles. The van der Waals surface area contributed by atoms with Gasteiger partial charge >= 0.3 is 0 Å². The highest BCUT2D eigenvalue weighted by molar-refractivity contribution is 5.84. The molecule has 0 fully saturated rings. The van der Waals surface area contributed by atoms with E-state index in [1.54, 1.807) is 6.92 Å². The predicted octanol–water partition coefficient (Wildman–Crippen LogP) is 7.58. The zero-order valence-corrected chi connectivity index (χ0v) is 17.3. The van der Waals surface area contributed by atoms with E-state index in [0.29, 0.717) is 19.3 Å². The molecule has 0 atom stereocenters. The van der Waals surface area contributed by atoms with Crippen LogP contribution in [-0.4, -0.2) is 11.6 Å². The van der Waals surface area contributed by atoms with Crippen molar-refractivity contribution in [2.45, 2.75) is 136 Å². The second-order valence-electron chi connectivity index (χ2n) is 7.79. The molecule has 148 valence electrons. The van der Waals surface area contributed by atoms with Crippen molar-refractivity contribution >= 4 is 11.6 Å². The average Bonchev–Trinajstić information content (AvgIpc) is 2.59. The van der Waals surface area contributed by atoms with E-state index in [4.69, 9.17) is 0 Å². The Morgan fingerprint density at radius 2 is 0.840 bits per heavy atom. The molecule has 0 aromatic rings. The van der Waals surface area contributed by atoms with Crippen LogP contribution in [0.2, 0.25) is 0 Å². The van der Waals surface area contributed by atoms with Crippen LogP contribution < -0.4 is 0 Å². The lowest BCUT2D eigenvalue weighted by Crippen LogP contribution is -2.01. The van der Waals surface area contributed by atoms with Crippen LogP contribution in [-0.2, 0) is 9.59 Å². The van der Waals surface area contributed by atoms with Gasteiger partial charge in [-0.3, -0.25) is 4.79 Å². The fourth-order valence-corrected chi connectivity index (χ4v) is 3.31. The minimum atomic E-state index is 0.125. The van der Waals surface area contributed by atoms with Gasteiger partial charge in [0.2, 0.25) is 0 Å². The number of carbonyl (C=O) groups is 2. The van der Waals surface area contributed by atoms with Gasteiger partial charge in [-0.1, -0.05) is 103 Å². The third kappa shape index (κ3) is 21.3. The summed E-state index contributed by atoms with van der Waals surface area (Å²) in [5, 5.41) is 0. The van der Waals surface area contributed by atoms with Gasteiger partial charge in [-0.05, 0) is 13.3 Å². The summed E-state index contributed by atoms with van der Waals surface area (Å²) in [6, 6.07) is 0. The number of Topliss-reactive ketones (excluding diaryl/α,β-unsaturated/α-hetero) is 2. The quantitative estimate of drug-likeness (QED) is 0.212. The smallest absolute Gasteiger partial charge is 0.133 e. The van der Waals surface area contributed by atoms with E-state index in [2.05, 4.69) is 6.92 Å². The molecule has 0 aromatic carbocycles. The maximum absolute atomic E-state index is 11.5. The molecule has 0 aliphatic rings. The lowest BCUT2D eigenvalue weighted by atomic mass is 10.0. The van der Waals surface area contributed by atoms with Crippen molar-refractivity contribution in [3.05, 3.63) is 0 Å². The van der Waals surface area contributed by atoms with Crippen molar-refractivity contribution in [3.63, 3.8) is 0 Å². The van der Waals surface area contributed by atoms with E-state index in [9.17, 15) is 9.59 Å². The molecule has 0 bridgehead atoms. The van der Waals surface area contributed by atoms with E-state index < -0.39 is 0 Å². The molecule has 0 rings (SSSR count). The van der Waals surface area contributed by atoms with Gasteiger partial charge in [-0.15, -0.1) is 0 Å². The molecule has 0 saturated heterocycles. The molecule has 0 unspecified atom stereocenters. The molecule has 0 aliphatic carbocycles. The van der Waals surface area contributed by atoms with Crippen molar-refractivity contribution in [1.29, 1.82) is 0 Å². The summed E-state index contributed by atoms with van der Waals surface area (Å²) in [6.45, 7) is 3.83. The van der Waals surface area contributed by atoms with E-state index >= 15 is 0 Å². The Bertz CT molecular complexity index is 309. The summed E-state index contributed by atoms with van der Waals surface area (Å²) in [7, 11) is 0. The monoisotopic (exact) mass is 352 g/mol. The summed E-state index contributed by atoms with van der Waals surface area (Å²) in [5.74, 6) is 0.390. The number of carbonyl (C=O) groups excluding carboxylic acids is 2. The Morgan fingerprint density at radius 1 is 0.480 bits per heavy atom. The van der Waals surface area contributed by atoms with Crippen LogP contribution in [0.4, 0.5) is 0 Å². The van der Waals surface area contributed by atoms with Gasteiger partial charge in [0.15, 0.2) is 0 Å². The predicted molar refractivity (Wildman–Crippen MR) is 109 cm³/mol. The molecule has 0 N–H and O–H groups in total.